The highest BCUT2D eigenvalue weighted by Crippen LogP contribution is 2.31. The largest absolute Gasteiger partial charge is 0.466 e. The van der Waals surface area contributed by atoms with E-state index in [1.807, 2.05) is 34.6 Å². The second-order valence-corrected chi connectivity index (χ2v) is 6.24. The average Bonchev–Trinajstić information content (AvgIpc) is 2.49. The summed E-state index contributed by atoms with van der Waals surface area (Å²) in [6.45, 7) is 19.3. The Morgan fingerprint density at radius 2 is 1.54 bits per heavy atom. The molecular weight excluding hydrogens is 304 g/mol. The van der Waals surface area contributed by atoms with Gasteiger partial charge in [0.05, 0.1) is 12.5 Å². The molecule has 4 nitrogen and oxygen atoms in total. The van der Waals surface area contributed by atoms with Crippen molar-refractivity contribution in [3.05, 3.63) is 24.3 Å². The van der Waals surface area contributed by atoms with Crippen molar-refractivity contribution in [2.75, 3.05) is 19.8 Å². The van der Waals surface area contributed by atoms with E-state index in [1.54, 1.807) is 0 Å². The molecule has 0 saturated carbocycles. The molecule has 0 aromatic heterocycles. The lowest BCUT2D eigenvalue weighted by molar-refractivity contribution is -0.158. The molecule has 0 aliphatic carbocycles. The quantitative estimate of drug-likeness (QED) is 0.256. The second kappa shape index (κ2) is 13.2. The van der Waals surface area contributed by atoms with Crippen molar-refractivity contribution < 1.29 is 19.0 Å². The van der Waals surface area contributed by atoms with Gasteiger partial charge in [-0.1, -0.05) is 17.7 Å². The maximum atomic E-state index is 12.5. The normalized spacial score (nSPS) is 13.6. The fraction of sp³-hybridized carbons (Fsp3) is 0.750. The fourth-order valence-corrected chi connectivity index (χ4v) is 2.83. The summed E-state index contributed by atoms with van der Waals surface area (Å²) in [5.74, 6) is -0.388. The van der Waals surface area contributed by atoms with Crippen molar-refractivity contribution in [1.29, 1.82) is 0 Å². The minimum atomic E-state index is -0.320. The second-order valence-electron chi connectivity index (χ2n) is 6.24. The van der Waals surface area contributed by atoms with Gasteiger partial charge in [0.2, 0.25) is 0 Å². The molecule has 0 aliphatic heterocycles. The van der Waals surface area contributed by atoms with Crippen LogP contribution in [-0.2, 0) is 19.0 Å². The molecule has 0 bridgehead atoms. The summed E-state index contributed by atoms with van der Waals surface area (Å²) in [5, 5.41) is 0. The topological polar surface area (TPSA) is 44.8 Å². The van der Waals surface area contributed by atoms with E-state index >= 15 is 0 Å². The third kappa shape index (κ3) is 9.24. The Bertz CT molecular complexity index is 383. The Kier molecular flexibility index (Phi) is 12.6. The minimum Gasteiger partial charge on any atom is -0.466 e. The SMILES string of the molecule is C=C(C)CCCC(C(=O)OCC)[C@H](CC(OCC)OCC)C(=C)C. The molecule has 0 N–H and O–H groups in total. The number of carbonyl (C=O) groups excluding carboxylic acids is 1. The van der Waals surface area contributed by atoms with Crippen LogP contribution in [0.5, 0.6) is 0 Å². The molecule has 140 valence electrons. The van der Waals surface area contributed by atoms with Gasteiger partial charge in [-0.25, -0.2) is 0 Å². The third-order valence-corrected chi connectivity index (χ3v) is 3.98. The van der Waals surface area contributed by atoms with Crippen LogP contribution in [0.15, 0.2) is 24.3 Å². The highest BCUT2D eigenvalue weighted by molar-refractivity contribution is 5.73. The average molecular weight is 341 g/mol. The lowest BCUT2D eigenvalue weighted by atomic mass is 9.81. The van der Waals surface area contributed by atoms with Crippen molar-refractivity contribution >= 4 is 5.97 Å². The summed E-state index contributed by atoms with van der Waals surface area (Å²) in [6, 6.07) is 0. The Morgan fingerprint density at radius 3 is 1.96 bits per heavy atom. The smallest absolute Gasteiger partial charge is 0.309 e. The Balaban J connectivity index is 5.15. The first kappa shape index (κ1) is 22.9. The molecular formula is C20H36O4. The van der Waals surface area contributed by atoms with Gasteiger partial charge in [-0.05, 0) is 59.8 Å². The maximum Gasteiger partial charge on any atom is 0.309 e. The number of hydrogen-bond acceptors (Lipinski definition) is 4. The number of ether oxygens (including phenoxy) is 3. The molecule has 4 heteroatoms. The van der Waals surface area contributed by atoms with Gasteiger partial charge in [-0.2, -0.15) is 0 Å². The van der Waals surface area contributed by atoms with Crippen LogP contribution in [0.4, 0.5) is 0 Å². The summed E-state index contributed by atoms with van der Waals surface area (Å²) >= 11 is 0. The van der Waals surface area contributed by atoms with E-state index in [-0.39, 0.29) is 24.1 Å². The molecule has 0 amide bonds. The van der Waals surface area contributed by atoms with Crippen molar-refractivity contribution in [2.24, 2.45) is 11.8 Å². The van der Waals surface area contributed by atoms with Gasteiger partial charge in [-0.3, -0.25) is 4.79 Å². The number of allylic oxidation sites excluding steroid dienone is 2. The van der Waals surface area contributed by atoms with E-state index in [9.17, 15) is 4.79 Å². The maximum absolute atomic E-state index is 12.5. The van der Waals surface area contributed by atoms with Crippen LogP contribution in [0.25, 0.3) is 0 Å². The summed E-state index contributed by atoms with van der Waals surface area (Å²) < 4.78 is 16.6. The molecule has 1 unspecified atom stereocenters. The predicted octanol–water partition coefficient (Wildman–Crippen LogP) is 4.89. The molecule has 0 saturated heterocycles. The predicted molar refractivity (Wildman–Crippen MR) is 98.7 cm³/mol. The van der Waals surface area contributed by atoms with E-state index in [0.29, 0.717) is 26.2 Å². The standard InChI is InChI=1S/C20H36O4/c1-8-22-19(23-9-2)14-18(16(6)7)17(20(21)24-10-3)13-11-12-15(4)5/h17-19H,4,6,8-14H2,1-3,5,7H3/t17?,18-/m1/s1. The molecule has 0 spiro atoms. The van der Waals surface area contributed by atoms with Gasteiger partial charge < -0.3 is 14.2 Å². The third-order valence-electron chi connectivity index (χ3n) is 3.98. The highest BCUT2D eigenvalue weighted by Gasteiger charge is 2.32. The first-order valence-corrected chi connectivity index (χ1v) is 9.06. The van der Waals surface area contributed by atoms with E-state index in [4.69, 9.17) is 14.2 Å². The van der Waals surface area contributed by atoms with Crippen molar-refractivity contribution in [1.82, 2.24) is 0 Å². The molecule has 0 aromatic carbocycles. The number of esters is 1. The van der Waals surface area contributed by atoms with Gasteiger partial charge in [0.25, 0.3) is 0 Å². The Morgan fingerprint density at radius 1 is 0.958 bits per heavy atom. The van der Waals surface area contributed by atoms with Crippen LogP contribution in [-0.4, -0.2) is 32.1 Å². The molecule has 0 aromatic rings. The number of carbonyl (C=O) groups is 1. The summed E-state index contributed by atoms with van der Waals surface area (Å²) in [7, 11) is 0. The summed E-state index contributed by atoms with van der Waals surface area (Å²) in [4.78, 5) is 12.5. The van der Waals surface area contributed by atoms with Crippen LogP contribution in [0, 0.1) is 11.8 Å². The van der Waals surface area contributed by atoms with Crippen LogP contribution >= 0.6 is 0 Å². The van der Waals surface area contributed by atoms with Gasteiger partial charge >= 0.3 is 5.97 Å². The van der Waals surface area contributed by atoms with Gasteiger partial charge in [0.15, 0.2) is 6.29 Å². The first-order chi connectivity index (χ1) is 11.4. The van der Waals surface area contributed by atoms with Crippen LogP contribution in [0.3, 0.4) is 0 Å². The van der Waals surface area contributed by atoms with Crippen molar-refractivity contribution in [2.45, 2.75) is 66.6 Å². The van der Waals surface area contributed by atoms with Gasteiger partial charge in [0.1, 0.15) is 0 Å². The molecule has 0 aliphatic rings. The molecule has 0 fully saturated rings. The van der Waals surface area contributed by atoms with Gasteiger partial charge in [-0.15, -0.1) is 6.58 Å². The van der Waals surface area contributed by atoms with E-state index < -0.39 is 0 Å². The van der Waals surface area contributed by atoms with Crippen molar-refractivity contribution in [3.63, 3.8) is 0 Å². The Hall–Kier alpha value is -1.13. The van der Waals surface area contributed by atoms with Crippen molar-refractivity contribution in [3.8, 4) is 0 Å². The zero-order valence-corrected chi connectivity index (χ0v) is 16.2. The first-order valence-electron chi connectivity index (χ1n) is 9.06. The Labute approximate surface area is 148 Å². The van der Waals surface area contributed by atoms with Crippen LogP contribution < -0.4 is 0 Å². The zero-order chi connectivity index (χ0) is 18.5. The summed E-state index contributed by atoms with van der Waals surface area (Å²) in [5.41, 5.74) is 2.10. The van der Waals surface area contributed by atoms with Gasteiger partial charge in [0, 0.05) is 19.6 Å². The minimum absolute atomic E-state index is 0.0164. The number of rotatable bonds is 14. The lowest BCUT2D eigenvalue weighted by Gasteiger charge is -2.29. The van der Waals surface area contributed by atoms with E-state index in [2.05, 4.69) is 13.2 Å². The molecule has 2 atom stereocenters. The number of hydrogen-bond donors (Lipinski definition) is 0. The molecule has 0 heterocycles. The van der Waals surface area contributed by atoms with Crippen LogP contribution in [0.2, 0.25) is 0 Å². The van der Waals surface area contributed by atoms with Crippen LogP contribution in [0.1, 0.15) is 60.3 Å². The van der Waals surface area contributed by atoms with E-state index in [0.717, 1.165) is 30.4 Å². The summed E-state index contributed by atoms with van der Waals surface area (Å²) in [6.07, 6.45) is 2.89. The zero-order valence-electron chi connectivity index (χ0n) is 16.2. The van der Waals surface area contributed by atoms with E-state index in [1.165, 1.54) is 0 Å². The monoisotopic (exact) mass is 340 g/mol. The fourth-order valence-electron chi connectivity index (χ4n) is 2.83. The molecule has 0 rings (SSSR count). The molecule has 24 heavy (non-hydrogen) atoms. The molecule has 0 radical (unpaired) electrons. The highest BCUT2D eigenvalue weighted by atomic mass is 16.7. The lowest BCUT2D eigenvalue weighted by Crippen LogP contribution is -2.31.